The summed E-state index contributed by atoms with van der Waals surface area (Å²) in [6, 6.07) is 5.77. The van der Waals surface area contributed by atoms with Crippen molar-refractivity contribution in [2.45, 2.75) is 40.0 Å². The number of hydrogen-bond donors (Lipinski definition) is 1. The topological polar surface area (TPSA) is 39.1 Å². The molecule has 0 aliphatic heterocycles. The minimum absolute atomic E-state index is 0.501. The molecule has 0 aliphatic carbocycles. The summed E-state index contributed by atoms with van der Waals surface area (Å²) in [6.45, 7) is 7.25. The van der Waals surface area contributed by atoms with E-state index < -0.39 is 0 Å². The van der Waals surface area contributed by atoms with E-state index in [0.29, 0.717) is 6.61 Å². The van der Waals surface area contributed by atoms with Crippen LogP contribution >= 0.6 is 11.6 Å². The Labute approximate surface area is 131 Å². The number of hydrogen-bond acceptors (Lipinski definition) is 3. The fourth-order valence-corrected chi connectivity index (χ4v) is 2.28. The van der Waals surface area contributed by atoms with E-state index in [2.05, 4.69) is 24.3 Å². The van der Waals surface area contributed by atoms with Gasteiger partial charge in [0.05, 0.1) is 6.20 Å². The summed E-state index contributed by atoms with van der Waals surface area (Å²) < 4.78 is 7.80. The number of nitrogens with zero attached hydrogens (tertiary/aromatic N) is 2. The second-order valence-electron chi connectivity index (χ2n) is 4.89. The van der Waals surface area contributed by atoms with Crippen molar-refractivity contribution in [3.8, 4) is 5.75 Å². The molecule has 0 amide bonds. The molecule has 0 spiro atoms. The molecule has 0 radical (unpaired) electrons. The summed E-state index contributed by atoms with van der Waals surface area (Å²) in [7, 11) is 0. The summed E-state index contributed by atoms with van der Waals surface area (Å²) in [4.78, 5) is 0. The Bertz CT molecular complexity index is 568. The first kappa shape index (κ1) is 15.9. The SMILES string of the molecule is CCCNCc1c(Cl)cccc1OCc1cnn(CC)c1. The summed E-state index contributed by atoms with van der Waals surface area (Å²) in [5.41, 5.74) is 2.07. The highest BCUT2D eigenvalue weighted by atomic mass is 35.5. The third-order valence-electron chi connectivity index (χ3n) is 3.21. The Morgan fingerprint density at radius 3 is 2.90 bits per heavy atom. The van der Waals surface area contributed by atoms with Crippen LogP contribution in [0.15, 0.2) is 30.6 Å². The molecule has 5 heteroatoms. The second kappa shape index (κ2) is 8.05. The fraction of sp³-hybridized carbons (Fsp3) is 0.438. The summed E-state index contributed by atoms with van der Waals surface area (Å²) in [5, 5.41) is 8.35. The first-order chi connectivity index (χ1) is 10.2. The second-order valence-corrected chi connectivity index (χ2v) is 5.29. The van der Waals surface area contributed by atoms with Crippen LogP contribution in [-0.4, -0.2) is 16.3 Å². The quantitative estimate of drug-likeness (QED) is 0.757. The van der Waals surface area contributed by atoms with Gasteiger partial charge in [-0.25, -0.2) is 0 Å². The normalized spacial score (nSPS) is 10.8. The molecule has 2 rings (SSSR count). The fourth-order valence-electron chi connectivity index (χ4n) is 2.05. The average Bonchev–Trinajstić information content (AvgIpc) is 2.95. The molecule has 0 aliphatic rings. The van der Waals surface area contributed by atoms with Crippen LogP contribution in [0.1, 0.15) is 31.4 Å². The van der Waals surface area contributed by atoms with Crippen LogP contribution in [0.25, 0.3) is 0 Å². The molecule has 21 heavy (non-hydrogen) atoms. The Morgan fingerprint density at radius 2 is 2.19 bits per heavy atom. The highest BCUT2D eigenvalue weighted by Crippen LogP contribution is 2.27. The molecule has 0 saturated carbocycles. The van der Waals surface area contributed by atoms with E-state index >= 15 is 0 Å². The lowest BCUT2D eigenvalue weighted by atomic mass is 10.2. The predicted molar refractivity (Wildman–Crippen MR) is 85.7 cm³/mol. The number of aromatic nitrogens is 2. The lowest BCUT2D eigenvalue weighted by Crippen LogP contribution is -2.15. The van der Waals surface area contributed by atoms with Crippen molar-refractivity contribution in [3.63, 3.8) is 0 Å². The smallest absolute Gasteiger partial charge is 0.125 e. The number of ether oxygens (including phenoxy) is 1. The molecule has 0 saturated heterocycles. The van der Waals surface area contributed by atoms with Crippen LogP contribution < -0.4 is 10.1 Å². The van der Waals surface area contributed by atoms with Gasteiger partial charge in [0, 0.05) is 35.4 Å². The molecule has 1 heterocycles. The molecular weight excluding hydrogens is 286 g/mol. The van der Waals surface area contributed by atoms with Crippen molar-refractivity contribution in [2.75, 3.05) is 6.54 Å². The van der Waals surface area contributed by atoms with E-state index in [-0.39, 0.29) is 0 Å². The number of nitrogens with one attached hydrogen (secondary N) is 1. The lowest BCUT2D eigenvalue weighted by molar-refractivity contribution is 0.302. The first-order valence-corrected chi connectivity index (χ1v) is 7.74. The van der Waals surface area contributed by atoms with E-state index in [1.54, 1.807) is 0 Å². The average molecular weight is 308 g/mol. The van der Waals surface area contributed by atoms with E-state index in [1.807, 2.05) is 35.3 Å². The molecule has 0 fully saturated rings. The minimum atomic E-state index is 0.501. The van der Waals surface area contributed by atoms with Gasteiger partial charge < -0.3 is 10.1 Å². The van der Waals surface area contributed by atoms with E-state index in [9.17, 15) is 0 Å². The molecule has 1 N–H and O–H groups in total. The molecule has 0 bridgehead atoms. The first-order valence-electron chi connectivity index (χ1n) is 7.36. The van der Waals surface area contributed by atoms with Crippen molar-refractivity contribution in [3.05, 3.63) is 46.7 Å². The van der Waals surface area contributed by atoms with Crippen LogP contribution in [0.3, 0.4) is 0 Å². The number of halogens is 1. The third-order valence-corrected chi connectivity index (χ3v) is 3.56. The van der Waals surface area contributed by atoms with Crippen LogP contribution in [0.2, 0.25) is 5.02 Å². The van der Waals surface area contributed by atoms with Gasteiger partial charge in [-0.15, -0.1) is 0 Å². The predicted octanol–water partition coefficient (Wildman–Crippen LogP) is 3.64. The zero-order chi connectivity index (χ0) is 15.1. The van der Waals surface area contributed by atoms with Crippen LogP contribution in [0.4, 0.5) is 0 Å². The molecule has 1 aromatic carbocycles. The van der Waals surface area contributed by atoms with Gasteiger partial charge in [0.15, 0.2) is 0 Å². The highest BCUT2D eigenvalue weighted by Gasteiger charge is 2.08. The van der Waals surface area contributed by atoms with Crippen molar-refractivity contribution in [2.24, 2.45) is 0 Å². The molecule has 0 unspecified atom stereocenters. The monoisotopic (exact) mass is 307 g/mol. The summed E-state index contributed by atoms with van der Waals surface area (Å²) >= 11 is 6.28. The lowest BCUT2D eigenvalue weighted by Gasteiger charge is -2.13. The standard InChI is InChI=1S/C16H22ClN3O/c1-3-8-18-10-14-15(17)6-5-7-16(14)21-12-13-9-19-20(4-2)11-13/h5-7,9,11,18H,3-4,8,10,12H2,1-2H3. The Balaban J connectivity index is 2.02. The summed E-state index contributed by atoms with van der Waals surface area (Å²) in [5.74, 6) is 0.829. The van der Waals surface area contributed by atoms with Crippen molar-refractivity contribution in [1.82, 2.24) is 15.1 Å². The molecular formula is C16H22ClN3O. The number of rotatable bonds is 8. The maximum atomic E-state index is 6.28. The molecule has 2 aromatic rings. The molecule has 1 aromatic heterocycles. The van der Waals surface area contributed by atoms with Crippen LogP contribution in [-0.2, 0) is 19.7 Å². The zero-order valence-corrected chi connectivity index (χ0v) is 13.4. The molecule has 114 valence electrons. The van der Waals surface area contributed by atoms with Gasteiger partial charge in [0.2, 0.25) is 0 Å². The zero-order valence-electron chi connectivity index (χ0n) is 12.6. The highest BCUT2D eigenvalue weighted by molar-refractivity contribution is 6.31. The third kappa shape index (κ3) is 4.48. The van der Waals surface area contributed by atoms with E-state index in [4.69, 9.17) is 16.3 Å². The number of benzene rings is 1. The largest absolute Gasteiger partial charge is 0.488 e. The van der Waals surface area contributed by atoms with Crippen molar-refractivity contribution in [1.29, 1.82) is 0 Å². The van der Waals surface area contributed by atoms with E-state index in [1.165, 1.54) is 0 Å². The Hall–Kier alpha value is -1.52. The molecule has 4 nitrogen and oxygen atoms in total. The van der Waals surface area contributed by atoms with Crippen molar-refractivity contribution >= 4 is 11.6 Å². The Kier molecular flexibility index (Phi) is 6.08. The van der Waals surface area contributed by atoms with Gasteiger partial charge in [0.25, 0.3) is 0 Å². The van der Waals surface area contributed by atoms with Crippen LogP contribution in [0, 0.1) is 0 Å². The van der Waals surface area contributed by atoms with Gasteiger partial charge >= 0.3 is 0 Å². The minimum Gasteiger partial charge on any atom is -0.488 e. The van der Waals surface area contributed by atoms with Gasteiger partial charge in [-0.05, 0) is 32.0 Å². The van der Waals surface area contributed by atoms with Crippen LogP contribution in [0.5, 0.6) is 5.75 Å². The summed E-state index contributed by atoms with van der Waals surface area (Å²) in [6.07, 6.45) is 4.93. The maximum absolute atomic E-state index is 6.28. The van der Waals surface area contributed by atoms with Crippen molar-refractivity contribution < 1.29 is 4.74 Å². The molecule has 0 atom stereocenters. The van der Waals surface area contributed by atoms with E-state index in [0.717, 1.165) is 48.0 Å². The number of aryl methyl sites for hydroxylation is 1. The van der Waals surface area contributed by atoms with Gasteiger partial charge in [-0.3, -0.25) is 4.68 Å². The van der Waals surface area contributed by atoms with Gasteiger partial charge in [-0.2, -0.15) is 5.10 Å². The maximum Gasteiger partial charge on any atom is 0.125 e. The Morgan fingerprint density at radius 1 is 1.33 bits per heavy atom. The van der Waals surface area contributed by atoms with Gasteiger partial charge in [0.1, 0.15) is 12.4 Å². The van der Waals surface area contributed by atoms with Gasteiger partial charge in [-0.1, -0.05) is 24.6 Å².